The van der Waals surface area contributed by atoms with Crippen molar-refractivity contribution in [3.8, 4) is 0 Å². The van der Waals surface area contributed by atoms with E-state index in [4.69, 9.17) is 0 Å². The molecular weight excluding hydrogens is 148 g/mol. The minimum Gasteiger partial charge on any atom is -0.389 e. The van der Waals surface area contributed by atoms with Crippen LogP contribution in [0.4, 0.5) is 0 Å². The number of aliphatic hydroxyl groups is 1. The number of rotatable bonds is 1. The standard InChI is InChI=1S/C11H16O/c1-2-8-3-4-9-5-6-11(12)10(9)7-8/h2,5-6,8-12H,1,3-4,7H2/t8-,9-,10-,11?/m0/s1. The lowest BCUT2D eigenvalue weighted by atomic mass is 9.75. The molecule has 4 atom stereocenters. The summed E-state index contributed by atoms with van der Waals surface area (Å²) in [6, 6.07) is 0. The molecule has 0 spiro atoms. The lowest BCUT2D eigenvalue weighted by Gasteiger charge is -2.31. The maximum atomic E-state index is 9.62. The molecule has 66 valence electrons. The Morgan fingerprint density at radius 1 is 1.33 bits per heavy atom. The van der Waals surface area contributed by atoms with E-state index in [9.17, 15) is 5.11 Å². The van der Waals surface area contributed by atoms with E-state index in [1.165, 1.54) is 12.8 Å². The molecular formula is C11H16O. The average Bonchev–Trinajstić information content (AvgIpc) is 2.47. The van der Waals surface area contributed by atoms with Gasteiger partial charge >= 0.3 is 0 Å². The number of aliphatic hydroxyl groups excluding tert-OH is 1. The molecule has 2 aliphatic carbocycles. The Kier molecular flexibility index (Phi) is 2.05. The summed E-state index contributed by atoms with van der Waals surface area (Å²) in [5, 5.41) is 9.62. The zero-order valence-corrected chi connectivity index (χ0v) is 7.32. The zero-order chi connectivity index (χ0) is 8.55. The number of fused-ring (bicyclic) bond motifs is 1. The van der Waals surface area contributed by atoms with Crippen LogP contribution in [-0.4, -0.2) is 11.2 Å². The Hall–Kier alpha value is -0.560. The second kappa shape index (κ2) is 3.06. The van der Waals surface area contributed by atoms with Crippen molar-refractivity contribution in [3.05, 3.63) is 24.8 Å². The number of hydrogen-bond acceptors (Lipinski definition) is 1. The largest absolute Gasteiger partial charge is 0.389 e. The SMILES string of the molecule is C=C[C@H]1CC[C@H]2C=CC(O)[C@H]2C1. The van der Waals surface area contributed by atoms with Crippen molar-refractivity contribution in [1.29, 1.82) is 0 Å². The lowest BCUT2D eigenvalue weighted by molar-refractivity contribution is 0.103. The first-order valence-corrected chi connectivity index (χ1v) is 4.80. The van der Waals surface area contributed by atoms with Crippen LogP contribution in [0.5, 0.6) is 0 Å². The summed E-state index contributed by atoms with van der Waals surface area (Å²) in [6.07, 6.45) is 9.62. The van der Waals surface area contributed by atoms with E-state index < -0.39 is 0 Å². The summed E-state index contributed by atoms with van der Waals surface area (Å²) in [6.45, 7) is 3.82. The van der Waals surface area contributed by atoms with E-state index in [2.05, 4.69) is 12.7 Å². The molecule has 0 bridgehead atoms. The quantitative estimate of drug-likeness (QED) is 0.589. The van der Waals surface area contributed by atoms with Crippen LogP contribution in [0, 0.1) is 17.8 Å². The molecule has 0 aromatic heterocycles. The molecule has 0 aromatic carbocycles. The van der Waals surface area contributed by atoms with Crippen molar-refractivity contribution in [2.24, 2.45) is 17.8 Å². The van der Waals surface area contributed by atoms with Gasteiger partial charge in [0.25, 0.3) is 0 Å². The van der Waals surface area contributed by atoms with Crippen LogP contribution in [0.2, 0.25) is 0 Å². The van der Waals surface area contributed by atoms with Gasteiger partial charge in [-0.2, -0.15) is 0 Å². The van der Waals surface area contributed by atoms with E-state index in [-0.39, 0.29) is 6.10 Å². The van der Waals surface area contributed by atoms with Crippen molar-refractivity contribution < 1.29 is 5.11 Å². The molecule has 0 saturated heterocycles. The Morgan fingerprint density at radius 3 is 2.92 bits per heavy atom. The van der Waals surface area contributed by atoms with Gasteiger partial charge in [-0.15, -0.1) is 6.58 Å². The summed E-state index contributed by atoms with van der Waals surface area (Å²) in [7, 11) is 0. The molecule has 0 amide bonds. The minimum absolute atomic E-state index is 0.183. The fraction of sp³-hybridized carbons (Fsp3) is 0.636. The third-order valence-electron chi connectivity index (χ3n) is 3.32. The first-order valence-electron chi connectivity index (χ1n) is 4.80. The molecule has 1 fully saturated rings. The summed E-state index contributed by atoms with van der Waals surface area (Å²) in [5.74, 6) is 1.78. The van der Waals surface area contributed by atoms with Gasteiger partial charge in [-0.25, -0.2) is 0 Å². The van der Waals surface area contributed by atoms with Crippen molar-refractivity contribution in [2.45, 2.75) is 25.4 Å². The van der Waals surface area contributed by atoms with Gasteiger partial charge in [0.1, 0.15) is 0 Å². The van der Waals surface area contributed by atoms with Gasteiger partial charge < -0.3 is 5.11 Å². The highest BCUT2D eigenvalue weighted by molar-refractivity contribution is 5.10. The highest BCUT2D eigenvalue weighted by atomic mass is 16.3. The normalized spacial score (nSPS) is 45.8. The molecule has 0 aliphatic heterocycles. The van der Waals surface area contributed by atoms with E-state index >= 15 is 0 Å². The topological polar surface area (TPSA) is 20.2 Å². The van der Waals surface area contributed by atoms with Gasteiger partial charge in [-0.3, -0.25) is 0 Å². The van der Waals surface area contributed by atoms with E-state index in [0.29, 0.717) is 17.8 Å². The third-order valence-corrected chi connectivity index (χ3v) is 3.32. The number of allylic oxidation sites excluding steroid dienone is 2. The van der Waals surface area contributed by atoms with Crippen molar-refractivity contribution >= 4 is 0 Å². The maximum absolute atomic E-state index is 9.62. The highest BCUT2D eigenvalue weighted by Gasteiger charge is 2.34. The molecule has 2 aliphatic rings. The highest BCUT2D eigenvalue weighted by Crippen LogP contribution is 2.40. The van der Waals surface area contributed by atoms with Crippen molar-refractivity contribution in [1.82, 2.24) is 0 Å². The van der Waals surface area contributed by atoms with Crippen LogP contribution in [-0.2, 0) is 0 Å². The smallest absolute Gasteiger partial charge is 0.0755 e. The fourth-order valence-electron chi connectivity index (χ4n) is 2.51. The molecule has 1 nitrogen and oxygen atoms in total. The molecule has 0 radical (unpaired) electrons. The molecule has 12 heavy (non-hydrogen) atoms. The number of hydrogen-bond donors (Lipinski definition) is 1. The summed E-state index contributed by atoms with van der Waals surface area (Å²) >= 11 is 0. The van der Waals surface area contributed by atoms with Crippen molar-refractivity contribution in [2.75, 3.05) is 0 Å². The van der Waals surface area contributed by atoms with Gasteiger partial charge in [-0.1, -0.05) is 18.2 Å². The third kappa shape index (κ3) is 1.22. The maximum Gasteiger partial charge on any atom is 0.0755 e. The minimum atomic E-state index is -0.183. The lowest BCUT2D eigenvalue weighted by Crippen LogP contribution is -2.27. The van der Waals surface area contributed by atoms with E-state index in [0.717, 1.165) is 6.42 Å². The Morgan fingerprint density at radius 2 is 2.17 bits per heavy atom. The van der Waals surface area contributed by atoms with Gasteiger partial charge in [0.05, 0.1) is 6.10 Å². The molecule has 1 heteroatoms. The van der Waals surface area contributed by atoms with E-state index in [1.54, 1.807) is 0 Å². The first kappa shape index (κ1) is 8.06. The van der Waals surface area contributed by atoms with Crippen LogP contribution in [0.15, 0.2) is 24.8 Å². The van der Waals surface area contributed by atoms with Gasteiger partial charge in [0, 0.05) is 0 Å². The molecule has 1 saturated carbocycles. The molecule has 2 rings (SSSR count). The predicted molar refractivity (Wildman–Crippen MR) is 49.7 cm³/mol. The Labute approximate surface area is 73.8 Å². The van der Waals surface area contributed by atoms with Crippen LogP contribution in [0.3, 0.4) is 0 Å². The molecule has 1 unspecified atom stereocenters. The van der Waals surface area contributed by atoms with Crippen LogP contribution < -0.4 is 0 Å². The van der Waals surface area contributed by atoms with Crippen LogP contribution >= 0.6 is 0 Å². The fourth-order valence-corrected chi connectivity index (χ4v) is 2.51. The monoisotopic (exact) mass is 164 g/mol. The van der Waals surface area contributed by atoms with Gasteiger partial charge in [0.15, 0.2) is 0 Å². The molecule has 0 heterocycles. The second-order valence-electron chi connectivity index (χ2n) is 4.01. The summed E-state index contributed by atoms with van der Waals surface area (Å²) < 4.78 is 0. The van der Waals surface area contributed by atoms with E-state index in [1.807, 2.05) is 12.2 Å². The molecule has 0 aromatic rings. The summed E-state index contributed by atoms with van der Waals surface area (Å²) in [4.78, 5) is 0. The van der Waals surface area contributed by atoms with Gasteiger partial charge in [0.2, 0.25) is 0 Å². The average molecular weight is 164 g/mol. The Bertz CT molecular complexity index is 207. The first-order chi connectivity index (χ1) is 5.81. The predicted octanol–water partition coefficient (Wildman–Crippen LogP) is 2.14. The van der Waals surface area contributed by atoms with Crippen LogP contribution in [0.25, 0.3) is 0 Å². The van der Waals surface area contributed by atoms with Crippen molar-refractivity contribution in [3.63, 3.8) is 0 Å². The van der Waals surface area contributed by atoms with Gasteiger partial charge in [-0.05, 0) is 37.0 Å². The zero-order valence-electron chi connectivity index (χ0n) is 7.32. The molecule has 1 N–H and O–H groups in total. The van der Waals surface area contributed by atoms with Crippen LogP contribution in [0.1, 0.15) is 19.3 Å². The summed E-state index contributed by atoms with van der Waals surface area (Å²) in [5.41, 5.74) is 0. The Balaban J connectivity index is 2.04. The second-order valence-corrected chi connectivity index (χ2v) is 4.01.